The van der Waals surface area contributed by atoms with Crippen LogP contribution < -0.4 is 5.32 Å². The normalized spacial score (nSPS) is 18.4. The highest BCUT2D eigenvalue weighted by molar-refractivity contribution is 5.92. The van der Waals surface area contributed by atoms with Crippen LogP contribution in [0.5, 0.6) is 0 Å². The summed E-state index contributed by atoms with van der Waals surface area (Å²) in [6.07, 6.45) is 1.55. The Balaban J connectivity index is 1.30. The summed E-state index contributed by atoms with van der Waals surface area (Å²) >= 11 is 0. The Bertz CT molecular complexity index is 1100. The quantitative estimate of drug-likeness (QED) is 0.634. The van der Waals surface area contributed by atoms with Gasteiger partial charge in [-0.3, -0.25) is 19.6 Å². The van der Waals surface area contributed by atoms with Gasteiger partial charge in [0.05, 0.1) is 6.04 Å². The van der Waals surface area contributed by atoms with E-state index in [1.54, 1.807) is 29.3 Å². The molecule has 2 aliphatic heterocycles. The molecule has 1 aromatic carbocycles. The zero-order chi connectivity index (χ0) is 21.4. The van der Waals surface area contributed by atoms with Crippen molar-refractivity contribution >= 4 is 11.8 Å². The van der Waals surface area contributed by atoms with Crippen LogP contribution in [0.3, 0.4) is 0 Å². The Morgan fingerprint density at radius 3 is 2.68 bits per heavy atom. The first kappa shape index (κ1) is 19.4. The fourth-order valence-electron chi connectivity index (χ4n) is 4.11. The lowest BCUT2D eigenvalue weighted by atomic mass is 10.1. The first-order chi connectivity index (χ1) is 15.1. The van der Waals surface area contributed by atoms with Gasteiger partial charge < -0.3 is 14.8 Å². The van der Waals surface area contributed by atoms with E-state index in [4.69, 9.17) is 0 Å². The van der Waals surface area contributed by atoms with E-state index in [2.05, 4.69) is 30.6 Å². The molecule has 4 heterocycles. The highest BCUT2D eigenvalue weighted by Gasteiger charge is 2.38. The highest BCUT2D eigenvalue weighted by Crippen LogP contribution is 2.29. The SMILES string of the molecule is O=C(NCc1ccc(F)cc1)c1nnc2n1CCN1CCN(C(=O)c3ccn[nH]3)C[C@H]21. The average Bonchev–Trinajstić information content (AvgIpc) is 3.48. The van der Waals surface area contributed by atoms with Gasteiger partial charge in [-0.15, -0.1) is 10.2 Å². The Morgan fingerprint density at radius 1 is 1.10 bits per heavy atom. The van der Waals surface area contributed by atoms with E-state index >= 15 is 0 Å². The van der Waals surface area contributed by atoms with E-state index in [1.165, 1.54) is 12.1 Å². The lowest BCUT2D eigenvalue weighted by Crippen LogP contribution is -2.53. The van der Waals surface area contributed by atoms with E-state index in [0.29, 0.717) is 31.2 Å². The number of halogens is 1. The second-order valence-corrected chi connectivity index (χ2v) is 7.62. The van der Waals surface area contributed by atoms with E-state index in [0.717, 1.165) is 18.7 Å². The monoisotopic (exact) mass is 424 g/mol. The molecule has 1 fully saturated rings. The second-order valence-electron chi connectivity index (χ2n) is 7.62. The van der Waals surface area contributed by atoms with Gasteiger partial charge in [-0.2, -0.15) is 5.10 Å². The number of fused-ring (bicyclic) bond motifs is 3. The van der Waals surface area contributed by atoms with E-state index in [1.807, 2.05) is 4.57 Å². The minimum Gasteiger partial charge on any atom is -0.345 e. The van der Waals surface area contributed by atoms with Crippen LogP contribution in [-0.4, -0.2) is 72.8 Å². The molecule has 0 spiro atoms. The van der Waals surface area contributed by atoms with Crippen molar-refractivity contribution in [3.05, 3.63) is 65.3 Å². The number of nitrogens with zero attached hydrogens (tertiary/aromatic N) is 6. The van der Waals surface area contributed by atoms with Crippen LogP contribution in [0.15, 0.2) is 36.5 Å². The Labute approximate surface area is 177 Å². The number of hydrogen-bond donors (Lipinski definition) is 2. The summed E-state index contributed by atoms with van der Waals surface area (Å²) in [7, 11) is 0. The number of carbonyl (C=O) groups excluding carboxylic acids is 2. The smallest absolute Gasteiger partial charge is 0.289 e. The number of aromatic amines is 1. The third-order valence-corrected chi connectivity index (χ3v) is 5.77. The predicted octanol–water partition coefficient (Wildman–Crippen LogP) is 0.583. The van der Waals surface area contributed by atoms with Crippen molar-refractivity contribution in [2.45, 2.75) is 19.1 Å². The fourth-order valence-corrected chi connectivity index (χ4v) is 4.11. The van der Waals surface area contributed by atoms with Crippen LogP contribution in [0.4, 0.5) is 4.39 Å². The molecule has 2 aliphatic rings. The Hall–Kier alpha value is -3.60. The summed E-state index contributed by atoms with van der Waals surface area (Å²) in [6, 6.07) is 7.49. The van der Waals surface area contributed by atoms with Crippen LogP contribution in [0.1, 0.15) is 38.5 Å². The molecule has 0 saturated carbocycles. The van der Waals surface area contributed by atoms with E-state index in [-0.39, 0.29) is 36.0 Å². The predicted molar refractivity (Wildman–Crippen MR) is 106 cm³/mol. The largest absolute Gasteiger partial charge is 0.345 e. The highest BCUT2D eigenvalue weighted by atomic mass is 19.1. The molecular formula is C20H21FN8O2. The summed E-state index contributed by atoms with van der Waals surface area (Å²) < 4.78 is 14.9. The summed E-state index contributed by atoms with van der Waals surface area (Å²) in [5, 5.41) is 17.8. The fraction of sp³-hybridized carbons (Fsp3) is 0.350. The lowest BCUT2D eigenvalue weighted by Gasteiger charge is -2.43. The summed E-state index contributed by atoms with van der Waals surface area (Å²) in [5.74, 6) is 0.163. The molecule has 0 aliphatic carbocycles. The zero-order valence-corrected chi connectivity index (χ0v) is 16.7. The van der Waals surface area contributed by atoms with Crippen LogP contribution in [0.25, 0.3) is 0 Å². The number of nitrogens with one attached hydrogen (secondary N) is 2. The minimum absolute atomic E-state index is 0.106. The van der Waals surface area contributed by atoms with Crippen molar-refractivity contribution in [1.29, 1.82) is 0 Å². The molecule has 2 aromatic heterocycles. The second kappa shape index (κ2) is 7.91. The number of hydrogen-bond acceptors (Lipinski definition) is 6. The summed E-state index contributed by atoms with van der Waals surface area (Å²) in [6.45, 7) is 3.43. The van der Waals surface area contributed by atoms with Crippen molar-refractivity contribution in [2.75, 3.05) is 26.2 Å². The van der Waals surface area contributed by atoms with Crippen molar-refractivity contribution < 1.29 is 14.0 Å². The van der Waals surface area contributed by atoms with Crippen LogP contribution >= 0.6 is 0 Å². The van der Waals surface area contributed by atoms with Crippen LogP contribution in [-0.2, 0) is 13.1 Å². The zero-order valence-electron chi connectivity index (χ0n) is 16.7. The van der Waals surface area contributed by atoms with E-state index in [9.17, 15) is 14.0 Å². The topological polar surface area (TPSA) is 112 Å². The molecule has 11 heteroatoms. The maximum Gasteiger partial charge on any atom is 0.289 e. The third kappa shape index (κ3) is 3.67. The number of rotatable bonds is 4. The maximum absolute atomic E-state index is 13.0. The Morgan fingerprint density at radius 2 is 1.90 bits per heavy atom. The first-order valence-electron chi connectivity index (χ1n) is 10.1. The van der Waals surface area contributed by atoms with E-state index < -0.39 is 0 Å². The van der Waals surface area contributed by atoms with Gasteiger partial charge in [0.2, 0.25) is 5.82 Å². The van der Waals surface area contributed by atoms with Gasteiger partial charge in [0, 0.05) is 45.5 Å². The summed E-state index contributed by atoms with van der Waals surface area (Å²) in [5.41, 5.74) is 1.24. The number of H-pyrrole nitrogens is 1. The molecule has 160 valence electrons. The van der Waals surface area contributed by atoms with Crippen molar-refractivity contribution in [1.82, 2.24) is 40.1 Å². The molecular weight excluding hydrogens is 403 g/mol. The molecule has 1 saturated heterocycles. The van der Waals surface area contributed by atoms with Gasteiger partial charge in [-0.25, -0.2) is 4.39 Å². The number of amides is 2. The number of piperazine rings is 1. The molecule has 0 unspecified atom stereocenters. The van der Waals surface area contributed by atoms with Crippen LogP contribution in [0.2, 0.25) is 0 Å². The van der Waals surface area contributed by atoms with Gasteiger partial charge in [-0.1, -0.05) is 12.1 Å². The van der Waals surface area contributed by atoms with Crippen molar-refractivity contribution in [3.63, 3.8) is 0 Å². The van der Waals surface area contributed by atoms with Crippen LogP contribution in [0, 0.1) is 5.82 Å². The van der Waals surface area contributed by atoms with Gasteiger partial charge in [0.25, 0.3) is 11.8 Å². The van der Waals surface area contributed by atoms with Gasteiger partial charge in [0.1, 0.15) is 11.5 Å². The Kier molecular flexibility index (Phi) is 4.94. The number of carbonyl (C=O) groups is 2. The lowest BCUT2D eigenvalue weighted by molar-refractivity contribution is 0.0368. The molecule has 0 radical (unpaired) electrons. The molecule has 31 heavy (non-hydrogen) atoms. The van der Waals surface area contributed by atoms with Gasteiger partial charge in [-0.05, 0) is 23.8 Å². The molecule has 2 amide bonds. The van der Waals surface area contributed by atoms with Crippen molar-refractivity contribution in [3.8, 4) is 0 Å². The van der Waals surface area contributed by atoms with Gasteiger partial charge in [0.15, 0.2) is 5.82 Å². The number of benzene rings is 1. The molecule has 10 nitrogen and oxygen atoms in total. The summed E-state index contributed by atoms with van der Waals surface area (Å²) in [4.78, 5) is 29.5. The average molecular weight is 424 g/mol. The molecule has 3 aromatic rings. The standard InChI is InChI=1S/C20H21FN8O2/c21-14-3-1-13(2-4-14)11-22-19(30)18-26-25-17-16-12-28(20(31)15-5-6-23-24-15)8-7-27(16)9-10-29(17)18/h1-6,16H,7-12H2,(H,22,30)(H,23,24)/t16-/m1/s1. The molecule has 2 N–H and O–H groups in total. The van der Waals surface area contributed by atoms with Gasteiger partial charge >= 0.3 is 0 Å². The molecule has 0 bridgehead atoms. The van der Waals surface area contributed by atoms with Crippen molar-refractivity contribution in [2.24, 2.45) is 0 Å². The molecule has 1 atom stereocenters. The third-order valence-electron chi connectivity index (χ3n) is 5.77. The molecule has 5 rings (SSSR count). The first-order valence-corrected chi connectivity index (χ1v) is 10.1. The minimum atomic E-state index is -0.335. The number of aromatic nitrogens is 5. The maximum atomic E-state index is 13.0.